The molecule has 1 atom stereocenters. The molecule has 1 saturated heterocycles. The van der Waals surface area contributed by atoms with Crippen molar-refractivity contribution >= 4 is 43.2 Å². The van der Waals surface area contributed by atoms with E-state index in [1.807, 2.05) is 0 Å². The second-order valence-corrected chi connectivity index (χ2v) is 8.77. The minimum absolute atomic E-state index is 0.0247. The third-order valence-corrected chi connectivity index (χ3v) is 6.13. The number of nitrogens with zero attached hydrogens (tertiary/aromatic N) is 2. The highest BCUT2D eigenvalue weighted by atomic mass is 32.2. The molecule has 0 aromatic carbocycles. The van der Waals surface area contributed by atoms with Gasteiger partial charge in [0.15, 0.2) is 0 Å². The first-order chi connectivity index (χ1) is 12.1. The number of nitro groups is 1. The molecule has 1 aliphatic heterocycles. The molecule has 2 rings (SSSR count). The van der Waals surface area contributed by atoms with Crippen LogP contribution in [0.4, 0.5) is 10.0 Å². The van der Waals surface area contributed by atoms with Crippen LogP contribution in [-0.2, 0) is 19.6 Å². The van der Waals surface area contributed by atoms with E-state index in [0.717, 1.165) is 12.3 Å². The number of thiophene rings is 1. The van der Waals surface area contributed by atoms with Gasteiger partial charge in [-0.1, -0.05) is 0 Å². The van der Waals surface area contributed by atoms with E-state index in [4.69, 9.17) is 4.74 Å². The van der Waals surface area contributed by atoms with Crippen LogP contribution in [0.2, 0.25) is 0 Å². The standard InChI is InChI=1S/C14H19N3O7S2/c1-3-24-14(19)10-7-11(17(20)21)25-13(10)15-12(18)9-5-4-6-16(8-9)26(2,22)23/h7,9H,3-6,8H2,1-2H3,(H,15,18). The topological polar surface area (TPSA) is 136 Å². The van der Waals surface area contributed by atoms with Crippen molar-refractivity contribution < 1.29 is 27.7 Å². The van der Waals surface area contributed by atoms with Gasteiger partial charge in [0.1, 0.15) is 10.6 Å². The van der Waals surface area contributed by atoms with Crippen LogP contribution < -0.4 is 5.32 Å². The third kappa shape index (κ3) is 4.77. The fraction of sp³-hybridized carbons (Fsp3) is 0.571. The molecule has 144 valence electrons. The Morgan fingerprint density at radius 2 is 2.19 bits per heavy atom. The number of esters is 1. The smallest absolute Gasteiger partial charge is 0.341 e. The zero-order chi connectivity index (χ0) is 19.5. The van der Waals surface area contributed by atoms with Gasteiger partial charge in [0, 0.05) is 19.2 Å². The summed E-state index contributed by atoms with van der Waals surface area (Å²) in [5.41, 5.74) is -0.0901. The van der Waals surface area contributed by atoms with Crippen LogP contribution in [-0.4, -0.2) is 55.5 Å². The van der Waals surface area contributed by atoms with Crippen molar-refractivity contribution in [3.63, 3.8) is 0 Å². The minimum Gasteiger partial charge on any atom is -0.462 e. The molecule has 1 aliphatic rings. The van der Waals surface area contributed by atoms with Crippen LogP contribution in [0.1, 0.15) is 30.1 Å². The van der Waals surface area contributed by atoms with Gasteiger partial charge in [-0.3, -0.25) is 14.9 Å². The maximum absolute atomic E-state index is 12.5. The summed E-state index contributed by atoms with van der Waals surface area (Å²) in [6, 6.07) is 1.06. The maximum atomic E-state index is 12.5. The van der Waals surface area contributed by atoms with Crippen molar-refractivity contribution in [2.75, 3.05) is 31.3 Å². The summed E-state index contributed by atoms with van der Waals surface area (Å²) in [5.74, 6) is -1.86. The molecule has 1 unspecified atom stereocenters. The first kappa shape index (κ1) is 20.3. The van der Waals surface area contributed by atoms with E-state index >= 15 is 0 Å². The fourth-order valence-electron chi connectivity index (χ4n) is 2.59. The molecule has 0 bridgehead atoms. The molecular weight excluding hydrogens is 386 g/mol. The number of ether oxygens (including phenoxy) is 1. The van der Waals surface area contributed by atoms with Crippen LogP contribution in [0.5, 0.6) is 0 Å². The lowest BCUT2D eigenvalue weighted by molar-refractivity contribution is -0.380. The Morgan fingerprint density at radius 3 is 2.77 bits per heavy atom. The summed E-state index contributed by atoms with van der Waals surface area (Å²) in [6.07, 6.45) is 2.09. The number of carbonyl (C=O) groups is 2. The van der Waals surface area contributed by atoms with E-state index in [2.05, 4.69) is 5.32 Å². The van der Waals surface area contributed by atoms with Crippen LogP contribution in [0.15, 0.2) is 6.07 Å². The van der Waals surface area contributed by atoms with Crippen LogP contribution in [0.3, 0.4) is 0 Å². The van der Waals surface area contributed by atoms with Crippen molar-refractivity contribution in [1.82, 2.24) is 4.31 Å². The maximum Gasteiger partial charge on any atom is 0.341 e. The Bertz CT molecular complexity index is 819. The van der Waals surface area contributed by atoms with E-state index < -0.39 is 32.7 Å². The van der Waals surface area contributed by atoms with Gasteiger partial charge in [-0.2, -0.15) is 0 Å². The Kier molecular flexibility index (Phi) is 6.31. The second-order valence-electron chi connectivity index (χ2n) is 5.75. The number of hydrogen-bond donors (Lipinski definition) is 1. The molecule has 1 aromatic rings. The van der Waals surface area contributed by atoms with Gasteiger partial charge in [0.05, 0.1) is 23.7 Å². The number of piperidine rings is 1. The monoisotopic (exact) mass is 405 g/mol. The van der Waals surface area contributed by atoms with Crippen molar-refractivity contribution in [3.05, 3.63) is 21.7 Å². The van der Waals surface area contributed by atoms with Gasteiger partial charge in [-0.05, 0) is 31.1 Å². The summed E-state index contributed by atoms with van der Waals surface area (Å²) in [4.78, 5) is 34.8. The summed E-state index contributed by atoms with van der Waals surface area (Å²) < 4.78 is 29.4. The fourth-order valence-corrected chi connectivity index (χ4v) is 4.37. The number of hydrogen-bond acceptors (Lipinski definition) is 8. The molecule has 1 N–H and O–H groups in total. The highest BCUT2D eigenvalue weighted by Gasteiger charge is 2.32. The van der Waals surface area contributed by atoms with E-state index in [1.165, 1.54) is 4.31 Å². The summed E-state index contributed by atoms with van der Waals surface area (Å²) >= 11 is 0.657. The summed E-state index contributed by atoms with van der Waals surface area (Å²) in [5, 5.41) is 13.2. The SMILES string of the molecule is CCOC(=O)c1cc([N+](=O)[O-])sc1NC(=O)C1CCCN(S(C)(=O)=O)C1. The highest BCUT2D eigenvalue weighted by Crippen LogP contribution is 2.35. The third-order valence-electron chi connectivity index (χ3n) is 3.86. The lowest BCUT2D eigenvalue weighted by Gasteiger charge is -2.30. The summed E-state index contributed by atoms with van der Waals surface area (Å²) in [7, 11) is -3.41. The molecule has 1 fully saturated rings. The molecular formula is C14H19N3O7S2. The molecule has 0 aliphatic carbocycles. The van der Waals surface area contributed by atoms with Crippen LogP contribution >= 0.6 is 11.3 Å². The van der Waals surface area contributed by atoms with Gasteiger partial charge in [0.25, 0.3) is 0 Å². The Labute approximate surface area is 154 Å². The average Bonchev–Trinajstić information content (AvgIpc) is 2.98. The first-order valence-corrected chi connectivity index (χ1v) is 10.5. The van der Waals surface area contributed by atoms with Crippen LogP contribution in [0, 0.1) is 16.0 Å². The number of sulfonamides is 1. The average molecular weight is 405 g/mol. The van der Waals surface area contributed by atoms with Gasteiger partial charge in [-0.25, -0.2) is 17.5 Å². The number of nitrogens with one attached hydrogen (secondary N) is 1. The molecule has 10 nitrogen and oxygen atoms in total. The van der Waals surface area contributed by atoms with Crippen molar-refractivity contribution in [2.45, 2.75) is 19.8 Å². The predicted octanol–water partition coefficient (Wildman–Crippen LogP) is 1.44. The molecule has 26 heavy (non-hydrogen) atoms. The number of amides is 1. The Hall–Kier alpha value is -2.05. The van der Waals surface area contributed by atoms with Crippen molar-refractivity contribution in [3.8, 4) is 0 Å². The van der Waals surface area contributed by atoms with Crippen molar-refractivity contribution in [2.24, 2.45) is 5.92 Å². The first-order valence-electron chi connectivity index (χ1n) is 7.84. The lowest BCUT2D eigenvalue weighted by Crippen LogP contribution is -2.43. The minimum atomic E-state index is -3.41. The number of rotatable bonds is 6. The second kappa shape index (κ2) is 8.10. The lowest BCUT2D eigenvalue weighted by atomic mass is 9.99. The van der Waals surface area contributed by atoms with Gasteiger partial charge >= 0.3 is 11.0 Å². The zero-order valence-electron chi connectivity index (χ0n) is 14.3. The van der Waals surface area contributed by atoms with Gasteiger partial charge in [-0.15, -0.1) is 0 Å². The zero-order valence-corrected chi connectivity index (χ0v) is 15.9. The quantitative estimate of drug-likeness (QED) is 0.430. The number of carbonyl (C=O) groups excluding carboxylic acids is 2. The molecule has 2 heterocycles. The molecule has 12 heteroatoms. The molecule has 0 spiro atoms. The highest BCUT2D eigenvalue weighted by molar-refractivity contribution is 7.88. The normalized spacial score (nSPS) is 18.3. The van der Waals surface area contributed by atoms with E-state index in [-0.39, 0.29) is 28.7 Å². The summed E-state index contributed by atoms with van der Waals surface area (Å²) in [6.45, 7) is 2.06. The van der Waals surface area contributed by atoms with E-state index in [0.29, 0.717) is 30.7 Å². The molecule has 1 amide bonds. The van der Waals surface area contributed by atoms with Crippen molar-refractivity contribution in [1.29, 1.82) is 0 Å². The van der Waals surface area contributed by atoms with Gasteiger partial charge < -0.3 is 10.1 Å². The van der Waals surface area contributed by atoms with E-state index in [1.54, 1.807) is 6.92 Å². The Morgan fingerprint density at radius 1 is 1.50 bits per heavy atom. The van der Waals surface area contributed by atoms with Crippen LogP contribution in [0.25, 0.3) is 0 Å². The van der Waals surface area contributed by atoms with E-state index in [9.17, 15) is 28.1 Å². The molecule has 1 aromatic heterocycles. The largest absolute Gasteiger partial charge is 0.462 e. The van der Waals surface area contributed by atoms with Gasteiger partial charge in [0.2, 0.25) is 15.9 Å². The number of anilines is 1. The Balaban J connectivity index is 2.20. The predicted molar refractivity (Wildman–Crippen MR) is 94.7 cm³/mol. The molecule has 0 radical (unpaired) electrons. The molecule has 0 saturated carbocycles.